The van der Waals surface area contributed by atoms with Crippen molar-refractivity contribution in [2.75, 3.05) is 31.3 Å². The molecule has 5 nitrogen and oxygen atoms in total. The van der Waals surface area contributed by atoms with Gasteiger partial charge in [0, 0.05) is 31.1 Å². The Morgan fingerprint density at radius 2 is 2.10 bits per heavy atom. The molecule has 1 saturated carbocycles. The van der Waals surface area contributed by atoms with Gasteiger partial charge in [-0.2, -0.15) is 0 Å². The van der Waals surface area contributed by atoms with Crippen molar-refractivity contribution in [2.45, 2.75) is 38.1 Å². The van der Waals surface area contributed by atoms with Crippen molar-refractivity contribution in [3.8, 4) is 0 Å². The number of hydrogen-bond donors (Lipinski definition) is 3. The van der Waals surface area contributed by atoms with E-state index >= 15 is 0 Å². The fourth-order valence-electron chi connectivity index (χ4n) is 2.70. The highest BCUT2D eigenvalue weighted by molar-refractivity contribution is 6.00. The summed E-state index contributed by atoms with van der Waals surface area (Å²) in [6, 6.07) is 5.91. The maximum atomic E-state index is 12.3. The van der Waals surface area contributed by atoms with Crippen molar-refractivity contribution >= 4 is 17.3 Å². The van der Waals surface area contributed by atoms with Gasteiger partial charge in [0.25, 0.3) is 5.91 Å². The fraction of sp³-hybridized carbons (Fsp3) is 0.562. The van der Waals surface area contributed by atoms with Gasteiger partial charge in [0.1, 0.15) is 0 Å². The van der Waals surface area contributed by atoms with Crippen LogP contribution < -0.4 is 16.4 Å². The zero-order chi connectivity index (χ0) is 15.1. The molecule has 0 unspecified atom stereocenters. The smallest absolute Gasteiger partial charge is 0.253 e. The van der Waals surface area contributed by atoms with Crippen LogP contribution in [0.5, 0.6) is 0 Å². The van der Waals surface area contributed by atoms with E-state index < -0.39 is 0 Å². The Hall–Kier alpha value is -1.75. The van der Waals surface area contributed by atoms with E-state index in [1.807, 2.05) is 12.1 Å². The molecular formula is C16H25N3O2. The predicted molar refractivity (Wildman–Crippen MR) is 85.6 cm³/mol. The Kier molecular flexibility index (Phi) is 5.87. The largest absolute Gasteiger partial charge is 0.399 e. The molecule has 116 valence electrons. The van der Waals surface area contributed by atoms with E-state index in [4.69, 9.17) is 10.5 Å². The van der Waals surface area contributed by atoms with E-state index in [0.29, 0.717) is 30.4 Å². The van der Waals surface area contributed by atoms with Crippen LogP contribution in [0.1, 0.15) is 42.5 Å². The van der Waals surface area contributed by atoms with Gasteiger partial charge < -0.3 is 21.1 Å². The van der Waals surface area contributed by atoms with Crippen LogP contribution >= 0.6 is 0 Å². The lowest BCUT2D eigenvalue weighted by atomic mass is 9.95. The normalized spacial score (nSPS) is 15.7. The molecule has 1 aromatic rings. The minimum absolute atomic E-state index is 0.113. The van der Waals surface area contributed by atoms with E-state index in [2.05, 4.69) is 10.6 Å². The number of nitrogens with one attached hydrogen (secondary N) is 2. The first-order valence-electron chi connectivity index (χ1n) is 7.64. The minimum atomic E-state index is -0.113. The number of carbonyl (C=O) groups is 1. The summed E-state index contributed by atoms with van der Waals surface area (Å²) in [6.45, 7) is 0.993. The molecular weight excluding hydrogens is 266 g/mol. The first-order chi connectivity index (χ1) is 10.2. The number of amides is 1. The first-order valence-corrected chi connectivity index (χ1v) is 7.64. The van der Waals surface area contributed by atoms with Gasteiger partial charge in [0.15, 0.2) is 0 Å². The maximum absolute atomic E-state index is 12.3. The van der Waals surface area contributed by atoms with E-state index in [-0.39, 0.29) is 5.91 Å². The van der Waals surface area contributed by atoms with Gasteiger partial charge in [-0.3, -0.25) is 4.79 Å². The summed E-state index contributed by atoms with van der Waals surface area (Å²) < 4.78 is 4.95. The van der Waals surface area contributed by atoms with Gasteiger partial charge in [-0.05, 0) is 31.0 Å². The van der Waals surface area contributed by atoms with Crippen LogP contribution in [0, 0.1) is 0 Å². The quantitative estimate of drug-likeness (QED) is 0.555. The second-order valence-corrected chi connectivity index (χ2v) is 5.53. The summed E-state index contributed by atoms with van der Waals surface area (Å²) in [5, 5.41) is 6.35. The van der Waals surface area contributed by atoms with Crippen LogP contribution in [0.3, 0.4) is 0 Å². The van der Waals surface area contributed by atoms with E-state index in [1.165, 1.54) is 19.3 Å². The van der Waals surface area contributed by atoms with Gasteiger partial charge in [0.2, 0.25) is 0 Å². The highest BCUT2D eigenvalue weighted by atomic mass is 16.5. The van der Waals surface area contributed by atoms with E-state index in [0.717, 1.165) is 18.5 Å². The zero-order valence-corrected chi connectivity index (χ0v) is 12.7. The molecule has 1 amide bonds. The Balaban J connectivity index is 2.06. The van der Waals surface area contributed by atoms with Gasteiger partial charge in [-0.1, -0.05) is 19.3 Å². The molecule has 0 aromatic heterocycles. The summed E-state index contributed by atoms with van der Waals surface area (Å²) >= 11 is 0. The topological polar surface area (TPSA) is 76.4 Å². The van der Waals surface area contributed by atoms with E-state index in [1.54, 1.807) is 13.2 Å². The number of benzene rings is 1. The second kappa shape index (κ2) is 7.88. The number of rotatable bonds is 6. The summed E-state index contributed by atoms with van der Waals surface area (Å²) in [5.74, 6) is -0.113. The summed E-state index contributed by atoms with van der Waals surface area (Å²) in [6.07, 6.45) is 6.14. The minimum Gasteiger partial charge on any atom is -0.399 e. The van der Waals surface area contributed by atoms with E-state index in [9.17, 15) is 4.79 Å². The lowest BCUT2D eigenvalue weighted by Gasteiger charge is -2.25. The average molecular weight is 291 g/mol. The summed E-state index contributed by atoms with van der Waals surface area (Å²) in [4.78, 5) is 12.3. The number of anilines is 2. The number of hydrogen-bond acceptors (Lipinski definition) is 4. The van der Waals surface area contributed by atoms with Crippen LogP contribution in [-0.4, -0.2) is 32.2 Å². The Morgan fingerprint density at radius 1 is 1.33 bits per heavy atom. The number of methoxy groups -OCH3 is 1. The molecule has 1 aliphatic carbocycles. The SMILES string of the molecule is COCCNC(=O)c1cc(N)ccc1NC1CCCCC1. The van der Waals surface area contributed by atoms with Crippen LogP contribution in [0.15, 0.2) is 18.2 Å². The standard InChI is InChI=1S/C16H25N3O2/c1-21-10-9-18-16(20)14-11-12(17)7-8-15(14)19-13-5-3-2-4-6-13/h7-8,11,13,19H,2-6,9-10,17H2,1H3,(H,18,20). The first kappa shape index (κ1) is 15.6. The van der Waals surface area contributed by atoms with Crippen molar-refractivity contribution < 1.29 is 9.53 Å². The van der Waals surface area contributed by atoms with Gasteiger partial charge in [0.05, 0.1) is 12.2 Å². The molecule has 1 fully saturated rings. The summed E-state index contributed by atoms with van der Waals surface area (Å²) in [5.41, 5.74) is 7.89. The molecule has 4 N–H and O–H groups in total. The third-order valence-corrected chi connectivity index (χ3v) is 3.84. The monoisotopic (exact) mass is 291 g/mol. The maximum Gasteiger partial charge on any atom is 0.253 e. The lowest BCUT2D eigenvalue weighted by molar-refractivity contribution is 0.0938. The molecule has 1 aromatic carbocycles. The fourth-order valence-corrected chi connectivity index (χ4v) is 2.70. The van der Waals surface area contributed by atoms with Crippen molar-refractivity contribution in [1.82, 2.24) is 5.32 Å². The molecule has 1 aliphatic rings. The summed E-state index contributed by atoms with van der Waals surface area (Å²) in [7, 11) is 1.61. The Labute approximate surface area is 126 Å². The van der Waals surface area contributed by atoms with Crippen LogP contribution in [-0.2, 0) is 4.74 Å². The van der Waals surface area contributed by atoms with Gasteiger partial charge in [-0.15, -0.1) is 0 Å². The molecule has 0 bridgehead atoms. The van der Waals surface area contributed by atoms with Crippen molar-refractivity contribution in [2.24, 2.45) is 0 Å². The molecule has 5 heteroatoms. The Bertz CT molecular complexity index is 471. The molecule has 21 heavy (non-hydrogen) atoms. The second-order valence-electron chi connectivity index (χ2n) is 5.53. The van der Waals surface area contributed by atoms with Crippen LogP contribution in [0.25, 0.3) is 0 Å². The van der Waals surface area contributed by atoms with Crippen molar-refractivity contribution in [3.05, 3.63) is 23.8 Å². The van der Waals surface area contributed by atoms with Gasteiger partial charge in [-0.25, -0.2) is 0 Å². The highest BCUT2D eigenvalue weighted by Crippen LogP contribution is 2.25. The number of nitrogen functional groups attached to an aromatic ring is 1. The third kappa shape index (κ3) is 4.63. The molecule has 0 spiro atoms. The highest BCUT2D eigenvalue weighted by Gasteiger charge is 2.17. The third-order valence-electron chi connectivity index (χ3n) is 3.84. The van der Waals surface area contributed by atoms with Gasteiger partial charge >= 0.3 is 0 Å². The molecule has 0 aliphatic heterocycles. The molecule has 0 heterocycles. The van der Waals surface area contributed by atoms with Crippen LogP contribution in [0.2, 0.25) is 0 Å². The molecule has 0 atom stereocenters. The number of carbonyl (C=O) groups excluding carboxylic acids is 1. The lowest BCUT2D eigenvalue weighted by Crippen LogP contribution is -2.29. The molecule has 0 saturated heterocycles. The predicted octanol–water partition coefficient (Wildman–Crippen LogP) is 2.39. The zero-order valence-electron chi connectivity index (χ0n) is 12.7. The van der Waals surface area contributed by atoms with Crippen LogP contribution in [0.4, 0.5) is 11.4 Å². The molecule has 0 radical (unpaired) electrons. The van der Waals surface area contributed by atoms with Crippen molar-refractivity contribution in [3.63, 3.8) is 0 Å². The number of ether oxygens (including phenoxy) is 1. The molecule has 2 rings (SSSR count). The number of nitrogens with two attached hydrogens (primary N) is 1. The van der Waals surface area contributed by atoms with Crippen molar-refractivity contribution in [1.29, 1.82) is 0 Å². The average Bonchev–Trinajstić information content (AvgIpc) is 2.50. The Morgan fingerprint density at radius 3 is 2.81 bits per heavy atom.